The second kappa shape index (κ2) is 7.74. The zero-order chi connectivity index (χ0) is 12.7. The summed E-state index contributed by atoms with van der Waals surface area (Å²) in [6.45, 7) is 10.6. The van der Waals surface area contributed by atoms with Crippen molar-refractivity contribution < 1.29 is 0 Å². The third-order valence-electron chi connectivity index (χ3n) is 2.56. The molecule has 4 nitrogen and oxygen atoms in total. The van der Waals surface area contributed by atoms with Crippen LogP contribution in [0.25, 0.3) is 0 Å². The molecule has 1 aromatic rings. The fourth-order valence-electron chi connectivity index (χ4n) is 1.54. The van der Waals surface area contributed by atoms with Gasteiger partial charge in [0.15, 0.2) is 0 Å². The molecular weight excluding hydrogens is 232 g/mol. The van der Waals surface area contributed by atoms with Crippen molar-refractivity contribution in [3.05, 3.63) is 10.6 Å². The van der Waals surface area contributed by atoms with Crippen LogP contribution in [-0.4, -0.2) is 28.2 Å². The third kappa shape index (κ3) is 5.57. The molecule has 0 aliphatic rings. The molecule has 0 saturated carbocycles. The van der Waals surface area contributed by atoms with Gasteiger partial charge in [0.05, 0.1) is 10.6 Å². The highest BCUT2D eigenvalue weighted by Crippen LogP contribution is 2.12. The Kier molecular flexibility index (Phi) is 6.62. The van der Waals surface area contributed by atoms with Crippen molar-refractivity contribution in [3.63, 3.8) is 0 Å². The number of nitrogens with zero attached hydrogens (tertiary/aromatic N) is 2. The molecule has 1 aromatic heterocycles. The SMILES string of the molecule is CCCc1nnsc1CNC(C)CNC(C)C. The maximum absolute atomic E-state index is 4.17. The van der Waals surface area contributed by atoms with Crippen molar-refractivity contribution in [2.45, 2.75) is 59.2 Å². The van der Waals surface area contributed by atoms with Crippen molar-refractivity contribution >= 4 is 11.5 Å². The van der Waals surface area contributed by atoms with Crippen LogP contribution < -0.4 is 10.6 Å². The van der Waals surface area contributed by atoms with E-state index in [9.17, 15) is 0 Å². The second-order valence-corrected chi connectivity index (χ2v) is 5.58. The van der Waals surface area contributed by atoms with E-state index in [-0.39, 0.29) is 0 Å². The first-order valence-electron chi connectivity index (χ1n) is 6.40. The lowest BCUT2D eigenvalue weighted by Crippen LogP contribution is -2.38. The number of hydrogen-bond acceptors (Lipinski definition) is 5. The number of nitrogens with one attached hydrogen (secondary N) is 2. The van der Waals surface area contributed by atoms with E-state index in [0.29, 0.717) is 12.1 Å². The summed E-state index contributed by atoms with van der Waals surface area (Å²) in [5.41, 5.74) is 1.16. The minimum absolute atomic E-state index is 0.467. The monoisotopic (exact) mass is 256 g/mol. The maximum atomic E-state index is 4.17. The molecular formula is C12H24N4S. The summed E-state index contributed by atoms with van der Waals surface area (Å²) in [6, 6.07) is 1.01. The van der Waals surface area contributed by atoms with Gasteiger partial charge in [0.1, 0.15) is 0 Å². The Bertz CT molecular complexity index is 311. The third-order valence-corrected chi connectivity index (χ3v) is 3.33. The fraction of sp³-hybridized carbons (Fsp3) is 0.833. The van der Waals surface area contributed by atoms with Gasteiger partial charge in [-0.25, -0.2) is 0 Å². The van der Waals surface area contributed by atoms with E-state index in [1.54, 1.807) is 0 Å². The highest BCUT2D eigenvalue weighted by molar-refractivity contribution is 7.05. The van der Waals surface area contributed by atoms with Crippen LogP contribution in [0.5, 0.6) is 0 Å². The van der Waals surface area contributed by atoms with Gasteiger partial charge in [0.2, 0.25) is 0 Å². The zero-order valence-corrected chi connectivity index (χ0v) is 12.1. The Morgan fingerprint density at radius 1 is 1.24 bits per heavy atom. The lowest BCUT2D eigenvalue weighted by molar-refractivity contribution is 0.474. The normalized spacial score (nSPS) is 13.2. The molecule has 1 rings (SSSR count). The summed E-state index contributed by atoms with van der Waals surface area (Å²) in [5, 5.41) is 11.1. The smallest absolute Gasteiger partial charge is 0.0800 e. The predicted octanol–water partition coefficient (Wildman–Crippen LogP) is 1.97. The lowest BCUT2D eigenvalue weighted by Gasteiger charge is -2.16. The highest BCUT2D eigenvalue weighted by atomic mass is 32.1. The van der Waals surface area contributed by atoms with Gasteiger partial charge < -0.3 is 10.6 Å². The summed E-state index contributed by atoms with van der Waals surface area (Å²) < 4.78 is 4.03. The summed E-state index contributed by atoms with van der Waals surface area (Å²) in [4.78, 5) is 1.28. The van der Waals surface area contributed by atoms with E-state index >= 15 is 0 Å². The molecule has 0 spiro atoms. The summed E-state index contributed by atoms with van der Waals surface area (Å²) in [7, 11) is 0. The number of rotatable bonds is 8. The maximum Gasteiger partial charge on any atom is 0.0800 e. The summed E-state index contributed by atoms with van der Waals surface area (Å²) >= 11 is 1.51. The van der Waals surface area contributed by atoms with Crippen LogP contribution in [0.4, 0.5) is 0 Å². The van der Waals surface area contributed by atoms with Crippen LogP contribution in [-0.2, 0) is 13.0 Å². The fourth-order valence-corrected chi connectivity index (χ4v) is 2.17. The molecule has 1 unspecified atom stereocenters. The lowest BCUT2D eigenvalue weighted by atomic mass is 10.2. The van der Waals surface area contributed by atoms with Crippen LogP contribution in [0.1, 0.15) is 44.7 Å². The van der Waals surface area contributed by atoms with Crippen molar-refractivity contribution in [2.75, 3.05) is 6.54 Å². The molecule has 0 radical (unpaired) electrons. The van der Waals surface area contributed by atoms with Crippen LogP contribution in [0.3, 0.4) is 0 Å². The summed E-state index contributed by atoms with van der Waals surface area (Å²) in [6.07, 6.45) is 2.16. The average Bonchev–Trinajstić information content (AvgIpc) is 2.71. The Hall–Kier alpha value is -0.520. The number of aryl methyl sites for hydroxylation is 1. The van der Waals surface area contributed by atoms with Crippen LogP contribution >= 0.6 is 11.5 Å². The minimum atomic E-state index is 0.467. The van der Waals surface area contributed by atoms with Crippen molar-refractivity contribution in [3.8, 4) is 0 Å². The molecule has 5 heteroatoms. The molecule has 17 heavy (non-hydrogen) atoms. The first-order valence-corrected chi connectivity index (χ1v) is 7.17. The Balaban J connectivity index is 2.31. The molecule has 0 fully saturated rings. The molecule has 1 heterocycles. The highest BCUT2D eigenvalue weighted by Gasteiger charge is 2.08. The second-order valence-electron chi connectivity index (χ2n) is 4.74. The molecule has 0 aliphatic heterocycles. The first kappa shape index (κ1) is 14.5. The standard InChI is InChI=1S/C12H24N4S/c1-5-6-11-12(17-16-15-11)8-14-10(4)7-13-9(2)3/h9-10,13-14H,5-8H2,1-4H3. The largest absolute Gasteiger partial charge is 0.313 e. The number of aromatic nitrogens is 2. The topological polar surface area (TPSA) is 49.8 Å². The Morgan fingerprint density at radius 2 is 2.00 bits per heavy atom. The van der Waals surface area contributed by atoms with Crippen LogP contribution in [0.2, 0.25) is 0 Å². The van der Waals surface area contributed by atoms with E-state index in [2.05, 4.69) is 47.9 Å². The molecule has 98 valence electrons. The van der Waals surface area contributed by atoms with Gasteiger partial charge in [-0.2, -0.15) is 0 Å². The van der Waals surface area contributed by atoms with Gasteiger partial charge in [0.25, 0.3) is 0 Å². The van der Waals surface area contributed by atoms with Gasteiger partial charge in [-0.1, -0.05) is 31.7 Å². The number of hydrogen-bond donors (Lipinski definition) is 2. The predicted molar refractivity (Wildman–Crippen MR) is 73.3 cm³/mol. The van der Waals surface area contributed by atoms with E-state index in [1.165, 1.54) is 16.4 Å². The van der Waals surface area contributed by atoms with Crippen molar-refractivity contribution in [1.29, 1.82) is 0 Å². The van der Waals surface area contributed by atoms with Crippen molar-refractivity contribution in [2.24, 2.45) is 0 Å². The van der Waals surface area contributed by atoms with Crippen molar-refractivity contribution in [1.82, 2.24) is 20.2 Å². The van der Waals surface area contributed by atoms with Gasteiger partial charge in [-0.05, 0) is 24.9 Å². The quantitative estimate of drug-likeness (QED) is 0.746. The average molecular weight is 256 g/mol. The van der Waals surface area contributed by atoms with Gasteiger partial charge in [0, 0.05) is 25.2 Å². The van der Waals surface area contributed by atoms with E-state index < -0.39 is 0 Å². The van der Waals surface area contributed by atoms with Crippen LogP contribution in [0, 0.1) is 0 Å². The Morgan fingerprint density at radius 3 is 2.65 bits per heavy atom. The molecule has 1 atom stereocenters. The van der Waals surface area contributed by atoms with Gasteiger partial charge in [-0.15, -0.1) is 5.10 Å². The van der Waals surface area contributed by atoms with Crippen LogP contribution in [0.15, 0.2) is 0 Å². The summed E-state index contributed by atoms with van der Waals surface area (Å²) in [5.74, 6) is 0. The zero-order valence-electron chi connectivity index (χ0n) is 11.3. The molecule has 0 bridgehead atoms. The molecule has 0 aliphatic carbocycles. The van der Waals surface area contributed by atoms with E-state index in [4.69, 9.17) is 0 Å². The first-order chi connectivity index (χ1) is 8.13. The van der Waals surface area contributed by atoms with Gasteiger partial charge in [-0.3, -0.25) is 0 Å². The van der Waals surface area contributed by atoms with Gasteiger partial charge >= 0.3 is 0 Å². The molecule has 0 aromatic carbocycles. The van der Waals surface area contributed by atoms with E-state index in [0.717, 1.165) is 31.6 Å². The molecule has 2 N–H and O–H groups in total. The molecule has 0 saturated heterocycles. The molecule has 0 amide bonds. The Labute approximate surface area is 108 Å². The van der Waals surface area contributed by atoms with E-state index in [1.807, 2.05) is 0 Å². The minimum Gasteiger partial charge on any atom is -0.313 e.